The van der Waals surface area contributed by atoms with Gasteiger partial charge in [0.15, 0.2) is 0 Å². The molecular weight excluding hydrogens is 464 g/mol. The van der Waals surface area contributed by atoms with Crippen molar-refractivity contribution >= 4 is 45.0 Å². The Morgan fingerprint density at radius 3 is 2.42 bits per heavy atom. The predicted octanol–water partition coefficient (Wildman–Crippen LogP) is 4.52. The highest BCUT2D eigenvalue weighted by atomic mass is 79.9. The fourth-order valence-corrected chi connectivity index (χ4v) is 3.69. The van der Waals surface area contributed by atoms with Crippen LogP contribution < -0.4 is 19.7 Å². The van der Waals surface area contributed by atoms with Crippen LogP contribution in [-0.4, -0.2) is 31.9 Å². The summed E-state index contributed by atoms with van der Waals surface area (Å²) >= 11 is 3.32. The lowest BCUT2D eigenvalue weighted by Gasteiger charge is -2.15. The van der Waals surface area contributed by atoms with Crippen molar-refractivity contribution in [3.63, 3.8) is 0 Å². The third-order valence-electron chi connectivity index (χ3n) is 4.87. The smallest absolute Gasteiger partial charge is 0.266 e. The molecule has 0 bridgehead atoms. The predicted molar refractivity (Wildman–Crippen MR) is 119 cm³/mol. The first-order valence-corrected chi connectivity index (χ1v) is 10.0. The second-order valence-corrected chi connectivity index (χ2v) is 7.62. The quantitative estimate of drug-likeness (QED) is 0.542. The van der Waals surface area contributed by atoms with Gasteiger partial charge in [-0.3, -0.25) is 14.4 Å². The number of anilines is 2. The van der Waals surface area contributed by atoms with Gasteiger partial charge in [0, 0.05) is 16.1 Å². The number of imide groups is 1. The van der Waals surface area contributed by atoms with Crippen molar-refractivity contribution in [3.8, 4) is 11.5 Å². The lowest BCUT2D eigenvalue weighted by atomic mass is 10.1. The van der Waals surface area contributed by atoms with Gasteiger partial charge in [0.1, 0.15) is 11.5 Å². The van der Waals surface area contributed by atoms with Crippen LogP contribution in [0.5, 0.6) is 11.5 Å². The summed E-state index contributed by atoms with van der Waals surface area (Å²) in [5.41, 5.74) is 1.71. The molecule has 3 aromatic carbocycles. The second-order valence-electron chi connectivity index (χ2n) is 6.71. The van der Waals surface area contributed by atoms with Crippen LogP contribution in [0.4, 0.5) is 11.4 Å². The molecule has 0 radical (unpaired) electrons. The van der Waals surface area contributed by atoms with Crippen molar-refractivity contribution in [2.45, 2.75) is 0 Å². The minimum Gasteiger partial charge on any atom is -0.497 e. The maximum Gasteiger partial charge on any atom is 0.266 e. The lowest BCUT2D eigenvalue weighted by Crippen LogP contribution is -2.29. The number of halogens is 1. The van der Waals surface area contributed by atoms with Crippen LogP contribution >= 0.6 is 15.9 Å². The number of carbonyl (C=O) groups excluding carboxylic acids is 3. The third-order valence-corrected chi connectivity index (χ3v) is 5.37. The van der Waals surface area contributed by atoms with Crippen molar-refractivity contribution in [3.05, 3.63) is 81.8 Å². The van der Waals surface area contributed by atoms with Crippen LogP contribution in [0.3, 0.4) is 0 Å². The number of nitrogens with zero attached hydrogens (tertiary/aromatic N) is 1. The molecule has 8 heteroatoms. The van der Waals surface area contributed by atoms with Crippen molar-refractivity contribution in [2.75, 3.05) is 24.4 Å². The van der Waals surface area contributed by atoms with Gasteiger partial charge in [-0.2, -0.15) is 0 Å². The molecule has 0 aliphatic carbocycles. The average Bonchev–Trinajstić information content (AvgIpc) is 3.03. The monoisotopic (exact) mass is 480 g/mol. The van der Waals surface area contributed by atoms with Gasteiger partial charge < -0.3 is 14.8 Å². The summed E-state index contributed by atoms with van der Waals surface area (Å²) in [4.78, 5) is 39.5. The third kappa shape index (κ3) is 3.77. The molecule has 31 heavy (non-hydrogen) atoms. The molecule has 0 aromatic heterocycles. The number of carbonyl (C=O) groups is 3. The number of ether oxygens (including phenoxy) is 2. The van der Waals surface area contributed by atoms with Crippen molar-refractivity contribution in [1.82, 2.24) is 0 Å². The molecule has 1 aliphatic heterocycles. The van der Waals surface area contributed by atoms with Gasteiger partial charge in [0.25, 0.3) is 17.7 Å². The first-order chi connectivity index (χ1) is 14.9. The van der Waals surface area contributed by atoms with Gasteiger partial charge in [0.05, 0.1) is 36.7 Å². The number of methoxy groups -OCH3 is 2. The largest absolute Gasteiger partial charge is 0.497 e. The van der Waals surface area contributed by atoms with Gasteiger partial charge in [-0.25, -0.2) is 4.90 Å². The Morgan fingerprint density at radius 2 is 1.68 bits per heavy atom. The van der Waals surface area contributed by atoms with E-state index in [1.165, 1.54) is 20.3 Å². The molecule has 1 N–H and O–H groups in total. The minimum atomic E-state index is -0.435. The molecule has 1 heterocycles. The molecular formula is C23H17BrN2O5. The molecule has 0 fully saturated rings. The van der Waals surface area contributed by atoms with Crippen molar-refractivity contribution in [2.24, 2.45) is 0 Å². The Labute approximate surface area is 186 Å². The van der Waals surface area contributed by atoms with E-state index in [1.54, 1.807) is 54.6 Å². The standard InChI is InChI=1S/C23H17BrN2O5/c1-30-16-7-9-19(20(12-16)31-2)25-21(27)13-4-3-5-15(10-13)26-22(28)17-8-6-14(24)11-18(17)23(26)29/h3-12H,1-2H3,(H,25,27). The van der Waals surface area contributed by atoms with Crippen LogP contribution in [-0.2, 0) is 0 Å². The maximum atomic E-state index is 12.8. The highest BCUT2D eigenvalue weighted by Gasteiger charge is 2.36. The summed E-state index contributed by atoms with van der Waals surface area (Å²) < 4.78 is 11.2. The molecule has 0 atom stereocenters. The zero-order valence-corrected chi connectivity index (χ0v) is 18.2. The van der Waals surface area contributed by atoms with E-state index in [0.29, 0.717) is 38.5 Å². The Kier molecular flexibility index (Phi) is 5.48. The lowest BCUT2D eigenvalue weighted by molar-refractivity contribution is 0.0924. The molecule has 0 spiro atoms. The maximum absolute atomic E-state index is 12.8. The molecule has 1 aliphatic rings. The Bertz CT molecular complexity index is 1220. The Hall–Kier alpha value is -3.65. The van der Waals surface area contributed by atoms with E-state index in [9.17, 15) is 14.4 Å². The Balaban J connectivity index is 1.62. The highest BCUT2D eigenvalue weighted by molar-refractivity contribution is 9.10. The molecule has 0 unspecified atom stereocenters. The van der Waals surface area contributed by atoms with Crippen LogP contribution in [0.1, 0.15) is 31.1 Å². The van der Waals surface area contributed by atoms with E-state index >= 15 is 0 Å². The van der Waals surface area contributed by atoms with Crippen molar-refractivity contribution in [1.29, 1.82) is 0 Å². The fourth-order valence-electron chi connectivity index (χ4n) is 3.33. The molecule has 156 valence electrons. The number of hydrogen-bond donors (Lipinski definition) is 1. The molecule has 0 saturated heterocycles. The minimum absolute atomic E-state index is 0.285. The van der Waals surface area contributed by atoms with Gasteiger partial charge in [0.2, 0.25) is 0 Å². The first-order valence-electron chi connectivity index (χ1n) is 9.24. The van der Waals surface area contributed by atoms with E-state index in [2.05, 4.69) is 21.2 Å². The number of rotatable bonds is 5. The van der Waals surface area contributed by atoms with Crippen LogP contribution in [0.2, 0.25) is 0 Å². The molecule has 3 aromatic rings. The van der Waals surface area contributed by atoms with E-state index in [0.717, 1.165) is 4.90 Å². The summed E-state index contributed by atoms with van der Waals surface area (Å²) in [5, 5.41) is 2.78. The molecule has 4 rings (SSSR count). The summed E-state index contributed by atoms with van der Waals surface area (Å²) in [6.07, 6.45) is 0. The normalized spacial score (nSPS) is 12.5. The number of fused-ring (bicyclic) bond motifs is 1. The molecule has 3 amide bonds. The summed E-state index contributed by atoms with van der Waals surface area (Å²) in [6.45, 7) is 0. The van der Waals surface area contributed by atoms with E-state index in [4.69, 9.17) is 9.47 Å². The number of amides is 3. The first kappa shape index (κ1) is 20.6. The number of nitrogens with one attached hydrogen (secondary N) is 1. The fraction of sp³-hybridized carbons (Fsp3) is 0.0870. The van der Waals surface area contributed by atoms with Crippen LogP contribution in [0.15, 0.2) is 65.1 Å². The molecule has 7 nitrogen and oxygen atoms in total. The van der Waals surface area contributed by atoms with Gasteiger partial charge in [-0.1, -0.05) is 22.0 Å². The van der Waals surface area contributed by atoms with E-state index in [1.807, 2.05) is 0 Å². The zero-order valence-electron chi connectivity index (χ0n) is 16.6. The summed E-state index contributed by atoms with van der Waals surface area (Å²) in [6, 6.07) is 16.3. The van der Waals surface area contributed by atoms with Crippen LogP contribution in [0.25, 0.3) is 0 Å². The van der Waals surface area contributed by atoms with Crippen LogP contribution in [0, 0.1) is 0 Å². The summed E-state index contributed by atoms with van der Waals surface area (Å²) in [5.74, 6) is -0.244. The Morgan fingerprint density at radius 1 is 0.903 bits per heavy atom. The van der Waals surface area contributed by atoms with Gasteiger partial charge in [-0.15, -0.1) is 0 Å². The second kappa shape index (κ2) is 8.23. The number of benzene rings is 3. The summed E-state index contributed by atoms with van der Waals surface area (Å²) in [7, 11) is 3.03. The van der Waals surface area contributed by atoms with E-state index < -0.39 is 17.7 Å². The molecule has 0 saturated carbocycles. The number of hydrogen-bond acceptors (Lipinski definition) is 5. The SMILES string of the molecule is COc1ccc(NC(=O)c2cccc(N3C(=O)c4ccc(Br)cc4C3=O)c2)c(OC)c1. The van der Waals surface area contributed by atoms with Gasteiger partial charge >= 0.3 is 0 Å². The van der Waals surface area contributed by atoms with Gasteiger partial charge in [-0.05, 0) is 48.5 Å². The van der Waals surface area contributed by atoms with Crippen molar-refractivity contribution < 1.29 is 23.9 Å². The topological polar surface area (TPSA) is 84.9 Å². The van der Waals surface area contributed by atoms with E-state index in [-0.39, 0.29) is 5.56 Å². The zero-order chi connectivity index (χ0) is 22.1. The average molecular weight is 481 g/mol. The highest BCUT2D eigenvalue weighted by Crippen LogP contribution is 2.32.